The molecule has 0 saturated heterocycles. The van der Waals surface area contributed by atoms with Gasteiger partial charge in [-0.2, -0.15) is 0 Å². The molecule has 0 spiro atoms. The monoisotopic (exact) mass is 338 g/mol. The van der Waals surface area contributed by atoms with Crippen LogP contribution in [0.2, 0.25) is 10.2 Å². The molecule has 0 amide bonds. The fourth-order valence-electron chi connectivity index (χ4n) is 2.52. The Morgan fingerprint density at radius 2 is 1.71 bits per heavy atom. The van der Waals surface area contributed by atoms with Crippen LogP contribution < -0.4 is 0 Å². The van der Waals surface area contributed by atoms with E-state index in [9.17, 15) is 0 Å². The first-order valence-electron chi connectivity index (χ1n) is 7.15. The van der Waals surface area contributed by atoms with E-state index in [4.69, 9.17) is 28.2 Å². The lowest BCUT2D eigenvalue weighted by molar-refractivity contribution is 0.708. The highest BCUT2D eigenvalue weighted by atomic mass is 35.5. The molecule has 3 rings (SSSR count). The molecule has 1 aromatic heterocycles. The molecule has 21 heavy (non-hydrogen) atoms. The van der Waals surface area contributed by atoms with Gasteiger partial charge in [-0.05, 0) is 49.9 Å². The van der Waals surface area contributed by atoms with Crippen molar-refractivity contribution in [3.63, 3.8) is 0 Å². The van der Waals surface area contributed by atoms with E-state index in [-0.39, 0.29) is 0 Å². The number of rotatable bonds is 3. The van der Waals surface area contributed by atoms with Crippen molar-refractivity contribution < 1.29 is 0 Å². The number of hydrogen-bond donors (Lipinski definition) is 0. The third kappa shape index (κ3) is 3.91. The van der Waals surface area contributed by atoms with Crippen molar-refractivity contribution in [3.8, 4) is 0 Å². The van der Waals surface area contributed by atoms with Crippen molar-refractivity contribution in [1.82, 2.24) is 9.97 Å². The minimum atomic E-state index is 0.647. The maximum Gasteiger partial charge on any atom is 0.140 e. The van der Waals surface area contributed by atoms with Crippen LogP contribution in [0.25, 0.3) is 0 Å². The second-order valence-electron chi connectivity index (χ2n) is 5.16. The third-order valence-corrected chi connectivity index (χ3v) is 5.18. The summed E-state index contributed by atoms with van der Waals surface area (Å²) in [5.41, 5.74) is 2.31. The molecule has 1 aliphatic rings. The fraction of sp³-hybridized carbons (Fsp3) is 0.375. The zero-order chi connectivity index (χ0) is 14.7. The van der Waals surface area contributed by atoms with Gasteiger partial charge in [-0.15, -0.1) is 11.8 Å². The topological polar surface area (TPSA) is 25.8 Å². The van der Waals surface area contributed by atoms with E-state index in [0.29, 0.717) is 5.15 Å². The highest BCUT2D eigenvalue weighted by Crippen LogP contribution is 2.27. The Morgan fingerprint density at radius 1 is 0.952 bits per heavy atom. The highest BCUT2D eigenvalue weighted by molar-refractivity contribution is 7.98. The summed E-state index contributed by atoms with van der Waals surface area (Å²) in [6.45, 7) is 0. The van der Waals surface area contributed by atoms with Crippen molar-refractivity contribution >= 4 is 35.0 Å². The zero-order valence-corrected chi connectivity index (χ0v) is 13.9. The van der Waals surface area contributed by atoms with Crippen molar-refractivity contribution in [2.75, 3.05) is 0 Å². The van der Waals surface area contributed by atoms with E-state index in [1.165, 1.54) is 19.3 Å². The van der Waals surface area contributed by atoms with Gasteiger partial charge in [0.25, 0.3) is 0 Å². The van der Waals surface area contributed by atoms with Gasteiger partial charge in [0.2, 0.25) is 0 Å². The third-order valence-electron chi connectivity index (χ3n) is 3.61. The molecule has 0 radical (unpaired) electrons. The Bertz CT molecular complexity index is 629. The van der Waals surface area contributed by atoms with Crippen LogP contribution in [0.1, 0.15) is 36.3 Å². The summed E-state index contributed by atoms with van der Waals surface area (Å²) in [6.07, 6.45) is 5.68. The van der Waals surface area contributed by atoms with Gasteiger partial charge in [0.1, 0.15) is 11.0 Å². The molecular formula is C16H16Cl2N2S. The molecule has 0 saturated carbocycles. The van der Waals surface area contributed by atoms with Gasteiger partial charge in [-0.3, -0.25) is 0 Å². The average Bonchev–Trinajstić information content (AvgIpc) is 2.72. The van der Waals surface area contributed by atoms with Crippen LogP contribution in [0, 0.1) is 0 Å². The molecule has 1 heterocycles. The number of hydrogen-bond acceptors (Lipinski definition) is 3. The standard InChI is InChI=1S/C16H16Cl2N2S/c17-11-6-8-12(9-7-11)21-10-15-19-14-5-3-1-2-4-13(14)16(18)20-15/h6-9H,1-5,10H2. The SMILES string of the molecule is Clc1ccc(SCc2nc(Cl)c3c(n2)CCCCC3)cc1. The smallest absolute Gasteiger partial charge is 0.140 e. The first kappa shape index (κ1) is 15.1. The molecule has 0 bridgehead atoms. The predicted molar refractivity (Wildman–Crippen MR) is 89.3 cm³/mol. The van der Waals surface area contributed by atoms with Crippen molar-refractivity contribution in [1.29, 1.82) is 0 Å². The van der Waals surface area contributed by atoms with E-state index in [2.05, 4.69) is 4.98 Å². The van der Waals surface area contributed by atoms with Crippen LogP contribution >= 0.6 is 35.0 Å². The Labute approximate surface area is 139 Å². The molecule has 0 aliphatic heterocycles. The number of aromatic nitrogens is 2. The Morgan fingerprint density at radius 3 is 2.52 bits per heavy atom. The lowest BCUT2D eigenvalue weighted by Crippen LogP contribution is -2.04. The van der Waals surface area contributed by atoms with E-state index in [1.54, 1.807) is 11.8 Å². The number of halogens is 2. The second-order valence-corrected chi connectivity index (χ2v) is 7.00. The van der Waals surface area contributed by atoms with Crippen LogP contribution in [0.5, 0.6) is 0 Å². The van der Waals surface area contributed by atoms with E-state index >= 15 is 0 Å². The second kappa shape index (κ2) is 6.99. The van der Waals surface area contributed by atoms with Gasteiger partial charge < -0.3 is 0 Å². The summed E-state index contributed by atoms with van der Waals surface area (Å²) >= 11 is 13.9. The Hall–Kier alpha value is -0.770. The van der Waals surface area contributed by atoms with Gasteiger partial charge in [-0.25, -0.2) is 9.97 Å². The zero-order valence-electron chi connectivity index (χ0n) is 11.6. The van der Waals surface area contributed by atoms with Crippen LogP contribution in [0.4, 0.5) is 0 Å². The van der Waals surface area contributed by atoms with Gasteiger partial charge in [0.05, 0.1) is 5.75 Å². The Balaban J connectivity index is 1.75. The van der Waals surface area contributed by atoms with Crippen LogP contribution in [0.15, 0.2) is 29.2 Å². The van der Waals surface area contributed by atoms with Crippen molar-refractivity contribution in [2.24, 2.45) is 0 Å². The van der Waals surface area contributed by atoms with Crippen LogP contribution in [-0.4, -0.2) is 9.97 Å². The van der Waals surface area contributed by atoms with Crippen LogP contribution in [0.3, 0.4) is 0 Å². The maximum atomic E-state index is 6.34. The molecule has 5 heteroatoms. The molecule has 1 aromatic carbocycles. The summed E-state index contributed by atoms with van der Waals surface area (Å²) in [7, 11) is 0. The fourth-order valence-corrected chi connectivity index (χ4v) is 3.70. The first-order valence-corrected chi connectivity index (χ1v) is 8.89. The predicted octanol–water partition coefficient (Wildman–Crippen LogP) is 5.34. The number of aryl methyl sites for hydroxylation is 1. The molecule has 2 aromatic rings. The van der Waals surface area contributed by atoms with Gasteiger partial charge in [0, 0.05) is 21.2 Å². The summed E-state index contributed by atoms with van der Waals surface area (Å²) in [5, 5.41) is 1.40. The van der Waals surface area contributed by atoms with E-state index < -0.39 is 0 Å². The summed E-state index contributed by atoms with van der Waals surface area (Å²) in [6, 6.07) is 7.82. The van der Waals surface area contributed by atoms with Gasteiger partial charge in [0.15, 0.2) is 0 Å². The van der Waals surface area contributed by atoms with E-state index in [0.717, 1.165) is 45.6 Å². The average molecular weight is 339 g/mol. The number of thioether (sulfide) groups is 1. The lowest BCUT2D eigenvalue weighted by atomic mass is 10.1. The first-order chi connectivity index (χ1) is 10.2. The lowest BCUT2D eigenvalue weighted by Gasteiger charge is -2.09. The van der Waals surface area contributed by atoms with Gasteiger partial charge in [-0.1, -0.05) is 29.6 Å². The minimum Gasteiger partial charge on any atom is -0.237 e. The highest BCUT2D eigenvalue weighted by Gasteiger charge is 2.15. The maximum absolute atomic E-state index is 6.34. The van der Waals surface area contributed by atoms with Crippen molar-refractivity contribution in [2.45, 2.75) is 42.8 Å². The van der Waals surface area contributed by atoms with Crippen LogP contribution in [-0.2, 0) is 18.6 Å². The quantitative estimate of drug-likeness (QED) is 0.429. The molecular weight excluding hydrogens is 323 g/mol. The molecule has 2 nitrogen and oxygen atoms in total. The molecule has 110 valence electrons. The largest absolute Gasteiger partial charge is 0.237 e. The Kier molecular flexibility index (Phi) is 5.04. The summed E-state index contributed by atoms with van der Waals surface area (Å²) in [5.74, 6) is 1.55. The normalized spacial score (nSPS) is 14.6. The number of benzene rings is 1. The molecule has 0 N–H and O–H groups in total. The number of nitrogens with zero attached hydrogens (tertiary/aromatic N) is 2. The van der Waals surface area contributed by atoms with E-state index in [1.807, 2.05) is 24.3 Å². The molecule has 1 aliphatic carbocycles. The summed E-state index contributed by atoms with van der Waals surface area (Å²) in [4.78, 5) is 10.4. The minimum absolute atomic E-state index is 0.647. The van der Waals surface area contributed by atoms with Gasteiger partial charge >= 0.3 is 0 Å². The summed E-state index contributed by atoms with van der Waals surface area (Å²) < 4.78 is 0. The molecule has 0 fully saturated rings. The van der Waals surface area contributed by atoms with Crippen molar-refractivity contribution in [3.05, 3.63) is 51.5 Å². The molecule has 0 unspecified atom stereocenters. The molecule has 0 atom stereocenters. The number of fused-ring (bicyclic) bond motifs is 1.